The molecule has 1 saturated carbocycles. The highest BCUT2D eigenvalue weighted by Gasteiger charge is 2.35. The number of hydrogen-bond donors (Lipinski definition) is 2. The molecule has 2 fully saturated rings. The number of nitrogens with one attached hydrogen (secondary N) is 2. The summed E-state index contributed by atoms with van der Waals surface area (Å²) in [6.45, 7) is 5.72. The Labute approximate surface area is 157 Å². The van der Waals surface area contributed by atoms with Crippen LogP contribution in [0.3, 0.4) is 0 Å². The van der Waals surface area contributed by atoms with Crippen LogP contribution >= 0.6 is 0 Å². The third kappa shape index (κ3) is 4.57. The van der Waals surface area contributed by atoms with Crippen LogP contribution in [0.15, 0.2) is 29.3 Å². The minimum atomic E-state index is 0.00157. The van der Waals surface area contributed by atoms with Gasteiger partial charge < -0.3 is 15.5 Å². The maximum atomic E-state index is 12.1. The summed E-state index contributed by atoms with van der Waals surface area (Å²) in [4.78, 5) is 19.0. The average Bonchev–Trinajstić information content (AvgIpc) is 3.10. The fourth-order valence-corrected chi connectivity index (χ4v) is 4.26. The van der Waals surface area contributed by atoms with E-state index in [1.165, 1.54) is 25.7 Å². The number of amides is 1. The third-order valence-corrected chi connectivity index (χ3v) is 5.66. The van der Waals surface area contributed by atoms with E-state index in [0.29, 0.717) is 13.1 Å². The van der Waals surface area contributed by atoms with E-state index in [-0.39, 0.29) is 5.91 Å². The molecular weight excluding hydrogens is 324 g/mol. The molecule has 1 aliphatic heterocycles. The van der Waals surface area contributed by atoms with Crippen molar-refractivity contribution in [3.05, 3.63) is 35.4 Å². The highest BCUT2D eigenvalue weighted by Crippen LogP contribution is 2.35. The standard InChI is InChI=1S/C21H32N4O/c1-3-11-23-20(26)17-10-6-7-16(12-17)13-24-21(22-2)25-14-18-8-4-5-9-19(18)15-25/h6-7,10,12,18-19H,3-5,8-9,11,13-15H2,1-2H3,(H,22,24)(H,23,26). The van der Waals surface area contributed by atoms with Gasteiger partial charge in [-0.25, -0.2) is 0 Å². The Morgan fingerprint density at radius 3 is 2.58 bits per heavy atom. The number of benzene rings is 1. The van der Waals surface area contributed by atoms with Crippen molar-refractivity contribution in [2.24, 2.45) is 16.8 Å². The molecule has 0 spiro atoms. The summed E-state index contributed by atoms with van der Waals surface area (Å²) >= 11 is 0. The number of nitrogens with zero attached hydrogens (tertiary/aromatic N) is 2. The van der Waals surface area contributed by atoms with E-state index in [0.717, 1.165) is 48.4 Å². The van der Waals surface area contributed by atoms with Crippen molar-refractivity contribution >= 4 is 11.9 Å². The van der Waals surface area contributed by atoms with Crippen LogP contribution in [0.1, 0.15) is 54.9 Å². The largest absolute Gasteiger partial charge is 0.352 e. The number of fused-ring (bicyclic) bond motifs is 1. The van der Waals surface area contributed by atoms with Crippen LogP contribution in [0.2, 0.25) is 0 Å². The van der Waals surface area contributed by atoms with Gasteiger partial charge in [-0.05, 0) is 48.8 Å². The van der Waals surface area contributed by atoms with Gasteiger partial charge in [0.25, 0.3) is 5.91 Å². The molecule has 1 amide bonds. The van der Waals surface area contributed by atoms with Gasteiger partial charge in [-0.15, -0.1) is 0 Å². The molecule has 3 rings (SSSR count). The molecule has 2 atom stereocenters. The maximum Gasteiger partial charge on any atom is 0.251 e. The van der Waals surface area contributed by atoms with Crippen molar-refractivity contribution in [2.45, 2.75) is 45.6 Å². The van der Waals surface area contributed by atoms with Crippen LogP contribution in [-0.4, -0.2) is 43.4 Å². The van der Waals surface area contributed by atoms with Crippen molar-refractivity contribution in [2.75, 3.05) is 26.7 Å². The first-order valence-corrected chi connectivity index (χ1v) is 10.0. The van der Waals surface area contributed by atoms with Gasteiger partial charge in [-0.2, -0.15) is 0 Å². The molecule has 2 unspecified atom stereocenters. The Morgan fingerprint density at radius 2 is 1.92 bits per heavy atom. The van der Waals surface area contributed by atoms with Gasteiger partial charge >= 0.3 is 0 Å². The molecule has 5 heteroatoms. The van der Waals surface area contributed by atoms with E-state index in [9.17, 15) is 4.79 Å². The molecule has 1 aliphatic carbocycles. The maximum absolute atomic E-state index is 12.1. The van der Waals surface area contributed by atoms with Crippen LogP contribution in [0, 0.1) is 11.8 Å². The summed E-state index contributed by atoms with van der Waals surface area (Å²) in [7, 11) is 1.86. The number of guanidine groups is 1. The zero-order chi connectivity index (χ0) is 18.4. The molecule has 1 saturated heterocycles. The second-order valence-electron chi connectivity index (χ2n) is 7.57. The minimum Gasteiger partial charge on any atom is -0.352 e. The predicted octanol–water partition coefficient (Wildman–Crippen LogP) is 3.02. The molecule has 142 valence electrons. The Kier molecular flexibility index (Phi) is 6.53. The quantitative estimate of drug-likeness (QED) is 0.630. The van der Waals surface area contributed by atoms with Crippen molar-refractivity contribution in [3.63, 3.8) is 0 Å². The number of carbonyl (C=O) groups is 1. The van der Waals surface area contributed by atoms with Gasteiger partial charge in [0.2, 0.25) is 0 Å². The normalized spacial score (nSPS) is 22.8. The topological polar surface area (TPSA) is 56.7 Å². The molecule has 1 aromatic rings. The average molecular weight is 357 g/mol. The van der Waals surface area contributed by atoms with Crippen molar-refractivity contribution in [3.8, 4) is 0 Å². The van der Waals surface area contributed by atoms with Crippen LogP contribution in [-0.2, 0) is 6.54 Å². The molecule has 2 aliphatic rings. The number of aliphatic imine (C=N–C) groups is 1. The van der Waals surface area contributed by atoms with Gasteiger partial charge in [-0.3, -0.25) is 9.79 Å². The summed E-state index contributed by atoms with van der Waals surface area (Å²) in [6.07, 6.45) is 6.45. The van der Waals surface area contributed by atoms with Gasteiger partial charge in [0.05, 0.1) is 0 Å². The molecular formula is C21H32N4O. The van der Waals surface area contributed by atoms with E-state index in [4.69, 9.17) is 0 Å². The predicted molar refractivity (Wildman–Crippen MR) is 106 cm³/mol. The first-order valence-electron chi connectivity index (χ1n) is 10.0. The molecule has 0 radical (unpaired) electrons. The summed E-state index contributed by atoms with van der Waals surface area (Å²) in [5.74, 6) is 2.67. The number of carbonyl (C=O) groups excluding carboxylic acids is 1. The first-order chi connectivity index (χ1) is 12.7. The zero-order valence-corrected chi connectivity index (χ0v) is 16.1. The number of hydrogen-bond acceptors (Lipinski definition) is 2. The molecule has 1 heterocycles. The van der Waals surface area contributed by atoms with Crippen molar-refractivity contribution in [1.82, 2.24) is 15.5 Å². The summed E-state index contributed by atoms with van der Waals surface area (Å²) in [5, 5.41) is 6.42. The first kappa shape index (κ1) is 18.7. The van der Waals surface area contributed by atoms with Crippen LogP contribution in [0.5, 0.6) is 0 Å². The highest BCUT2D eigenvalue weighted by molar-refractivity contribution is 5.94. The monoisotopic (exact) mass is 356 g/mol. The highest BCUT2D eigenvalue weighted by atomic mass is 16.1. The van der Waals surface area contributed by atoms with Gasteiger partial charge in [-0.1, -0.05) is 31.9 Å². The zero-order valence-electron chi connectivity index (χ0n) is 16.1. The number of likely N-dealkylation sites (tertiary alicyclic amines) is 1. The van der Waals surface area contributed by atoms with E-state index in [2.05, 4.69) is 33.5 Å². The Hall–Kier alpha value is -2.04. The Bertz CT molecular complexity index is 629. The molecule has 5 nitrogen and oxygen atoms in total. The summed E-state index contributed by atoms with van der Waals surface area (Å²) in [6, 6.07) is 7.84. The smallest absolute Gasteiger partial charge is 0.251 e. The SMILES string of the molecule is CCCNC(=O)c1cccc(CNC(=NC)N2CC3CCCCC3C2)c1. The van der Waals surface area contributed by atoms with Gasteiger partial charge in [0, 0.05) is 38.8 Å². The second-order valence-corrected chi connectivity index (χ2v) is 7.57. The van der Waals surface area contributed by atoms with Crippen LogP contribution in [0.4, 0.5) is 0 Å². The molecule has 1 aromatic carbocycles. The number of rotatable bonds is 5. The summed E-state index contributed by atoms with van der Waals surface area (Å²) in [5.41, 5.74) is 1.83. The van der Waals surface area contributed by atoms with E-state index < -0.39 is 0 Å². The summed E-state index contributed by atoms with van der Waals surface area (Å²) < 4.78 is 0. The third-order valence-electron chi connectivity index (χ3n) is 5.66. The van der Waals surface area contributed by atoms with Crippen molar-refractivity contribution in [1.29, 1.82) is 0 Å². The van der Waals surface area contributed by atoms with Gasteiger partial charge in [0.1, 0.15) is 0 Å². The second kappa shape index (κ2) is 9.06. The molecule has 0 aromatic heterocycles. The molecule has 0 bridgehead atoms. The van der Waals surface area contributed by atoms with Crippen LogP contribution < -0.4 is 10.6 Å². The van der Waals surface area contributed by atoms with Crippen LogP contribution in [0.25, 0.3) is 0 Å². The molecule has 2 N–H and O–H groups in total. The lowest BCUT2D eigenvalue weighted by Gasteiger charge is -2.22. The van der Waals surface area contributed by atoms with Crippen molar-refractivity contribution < 1.29 is 4.79 Å². The van der Waals surface area contributed by atoms with E-state index >= 15 is 0 Å². The Morgan fingerprint density at radius 1 is 1.19 bits per heavy atom. The van der Waals surface area contributed by atoms with Gasteiger partial charge in [0.15, 0.2) is 5.96 Å². The lowest BCUT2D eigenvalue weighted by molar-refractivity contribution is 0.0953. The fraction of sp³-hybridized carbons (Fsp3) is 0.619. The lowest BCUT2D eigenvalue weighted by atomic mass is 9.82. The van der Waals surface area contributed by atoms with E-state index in [1.807, 2.05) is 25.2 Å². The lowest BCUT2D eigenvalue weighted by Crippen LogP contribution is -2.39. The fourth-order valence-electron chi connectivity index (χ4n) is 4.26. The Balaban J connectivity index is 1.56. The minimum absolute atomic E-state index is 0.00157. The molecule has 26 heavy (non-hydrogen) atoms. The van der Waals surface area contributed by atoms with E-state index in [1.54, 1.807) is 0 Å².